The Bertz CT molecular complexity index is 1400. The lowest BCUT2D eigenvalue weighted by molar-refractivity contribution is -0.115. The molecule has 3 N–H and O–H groups in total. The number of aromatic amines is 1. The average Bonchev–Trinajstić information content (AvgIpc) is 3.32. The summed E-state index contributed by atoms with van der Waals surface area (Å²) in [6.45, 7) is 5.63. The van der Waals surface area contributed by atoms with Gasteiger partial charge < -0.3 is 30.2 Å². The number of H-pyrrole nitrogens is 1. The number of rotatable bonds is 10. The molecule has 0 bridgehead atoms. The van der Waals surface area contributed by atoms with E-state index in [1.54, 1.807) is 13.3 Å². The third-order valence-corrected chi connectivity index (χ3v) is 6.30. The van der Waals surface area contributed by atoms with Crippen molar-refractivity contribution in [1.82, 2.24) is 19.9 Å². The van der Waals surface area contributed by atoms with Gasteiger partial charge >= 0.3 is 0 Å². The quantitative estimate of drug-likeness (QED) is 0.280. The number of amides is 1. The summed E-state index contributed by atoms with van der Waals surface area (Å²) in [5.41, 5.74) is 6.30. The molecule has 194 valence electrons. The Balaban J connectivity index is 1.67. The Hall–Kier alpha value is -4.11. The molecule has 0 atom stereocenters. The molecular formula is C28H35N7O2. The van der Waals surface area contributed by atoms with Crippen LogP contribution < -0.4 is 20.3 Å². The highest BCUT2D eigenvalue weighted by atomic mass is 16.5. The van der Waals surface area contributed by atoms with E-state index in [0.717, 1.165) is 52.2 Å². The van der Waals surface area contributed by atoms with Crippen LogP contribution in [-0.4, -0.2) is 67.1 Å². The molecule has 37 heavy (non-hydrogen) atoms. The third-order valence-electron chi connectivity index (χ3n) is 6.30. The Kier molecular flexibility index (Phi) is 7.93. The van der Waals surface area contributed by atoms with Gasteiger partial charge in [-0.2, -0.15) is 0 Å². The Morgan fingerprint density at radius 2 is 1.95 bits per heavy atom. The van der Waals surface area contributed by atoms with Crippen LogP contribution in [0, 0.1) is 6.92 Å². The second kappa shape index (κ2) is 11.3. The fourth-order valence-corrected chi connectivity index (χ4v) is 4.16. The number of nitrogens with zero attached hydrogens (tertiary/aromatic N) is 4. The van der Waals surface area contributed by atoms with Gasteiger partial charge in [0.25, 0.3) is 0 Å². The molecule has 0 aliphatic carbocycles. The number of aryl methyl sites for hydroxylation is 1. The molecule has 0 aliphatic heterocycles. The van der Waals surface area contributed by atoms with Crippen LogP contribution in [0.15, 0.2) is 48.8 Å². The largest absolute Gasteiger partial charge is 0.493 e. The summed E-state index contributed by atoms with van der Waals surface area (Å²) in [6.07, 6.45) is 4.01. The number of hydrogen-bond acceptors (Lipinski definition) is 7. The minimum absolute atomic E-state index is 0.0444. The number of aromatic nitrogens is 3. The zero-order chi connectivity index (χ0) is 26.5. The summed E-state index contributed by atoms with van der Waals surface area (Å²) in [7, 11) is 7.72. The van der Waals surface area contributed by atoms with E-state index in [2.05, 4.69) is 49.5 Å². The SMILES string of the molecule is CCC(=O)Nc1cc(Nc2ncc(OC)c(-c3c[nH]c4c(C)cccc34)n2)ccc1N(C)CCN(C)C. The molecule has 9 heteroatoms. The first-order valence-electron chi connectivity index (χ1n) is 12.4. The molecule has 0 saturated carbocycles. The monoisotopic (exact) mass is 501 g/mol. The van der Waals surface area contributed by atoms with E-state index in [1.165, 1.54) is 0 Å². The van der Waals surface area contributed by atoms with Gasteiger partial charge in [-0.15, -0.1) is 0 Å². The van der Waals surface area contributed by atoms with Gasteiger partial charge in [0.15, 0.2) is 5.75 Å². The van der Waals surface area contributed by atoms with Crippen LogP contribution >= 0.6 is 0 Å². The molecule has 4 rings (SSSR count). The number of nitrogens with one attached hydrogen (secondary N) is 3. The molecule has 0 radical (unpaired) electrons. The predicted molar refractivity (Wildman–Crippen MR) is 151 cm³/mol. The molecule has 0 unspecified atom stereocenters. The number of anilines is 4. The summed E-state index contributed by atoms with van der Waals surface area (Å²) in [6, 6.07) is 12.0. The Labute approximate surface area is 217 Å². The second-order valence-corrected chi connectivity index (χ2v) is 9.29. The number of hydrogen-bond donors (Lipinski definition) is 3. The number of carbonyl (C=O) groups excluding carboxylic acids is 1. The second-order valence-electron chi connectivity index (χ2n) is 9.29. The number of benzene rings is 2. The van der Waals surface area contributed by atoms with Crippen molar-refractivity contribution in [2.75, 3.05) is 56.9 Å². The van der Waals surface area contributed by atoms with Gasteiger partial charge in [-0.1, -0.05) is 25.1 Å². The van der Waals surface area contributed by atoms with Gasteiger partial charge in [-0.3, -0.25) is 4.79 Å². The van der Waals surface area contributed by atoms with Crippen LogP contribution in [0.4, 0.5) is 23.0 Å². The van der Waals surface area contributed by atoms with Gasteiger partial charge in [0.1, 0.15) is 5.69 Å². The fraction of sp³-hybridized carbons (Fsp3) is 0.321. The summed E-state index contributed by atoms with van der Waals surface area (Å²) in [5, 5.41) is 7.40. The van der Waals surface area contributed by atoms with Crippen molar-refractivity contribution in [1.29, 1.82) is 0 Å². The van der Waals surface area contributed by atoms with E-state index in [1.807, 2.05) is 58.5 Å². The van der Waals surface area contributed by atoms with Crippen LogP contribution in [0.3, 0.4) is 0 Å². The fourth-order valence-electron chi connectivity index (χ4n) is 4.16. The summed E-state index contributed by atoms with van der Waals surface area (Å²) < 4.78 is 5.59. The van der Waals surface area contributed by atoms with Crippen molar-refractivity contribution >= 4 is 39.8 Å². The van der Waals surface area contributed by atoms with Gasteiger partial charge in [-0.05, 0) is 44.8 Å². The van der Waals surface area contributed by atoms with Crippen LogP contribution in [0.25, 0.3) is 22.2 Å². The summed E-state index contributed by atoms with van der Waals surface area (Å²) in [4.78, 5) is 29.2. The van der Waals surface area contributed by atoms with E-state index >= 15 is 0 Å². The van der Waals surface area contributed by atoms with Gasteiger partial charge in [-0.25, -0.2) is 9.97 Å². The molecule has 2 aromatic heterocycles. The van der Waals surface area contributed by atoms with Crippen molar-refractivity contribution in [3.8, 4) is 17.0 Å². The van der Waals surface area contributed by atoms with Crippen LogP contribution in [0.5, 0.6) is 5.75 Å². The Morgan fingerprint density at radius 3 is 2.68 bits per heavy atom. The molecule has 2 aromatic carbocycles. The lowest BCUT2D eigenvalue weighted by Crippen LogP contribution is -2.29. The number of fused-ring (bicyclic) bond motifs is 1. The van der Waals surface area contributed by atoms with Crippen molar-refractivity contribution < 1.29 is 9.53 Å². The minimum atomic E-state index is -0.0444. The average molecular weight is 502 g/mol. The summed E-state index contributed by atoms with van der Waals surface area (Å²) in [5.74, 6) is 0.970. The smallest absolute Gasteiger partial charge is 0.227 e. The normalized spacial score (nSPS) is 11.1. The van der Waals surface area contributed by atoms with Crippen molar-refractivity contribution in [2.45, 2.75) is 20.3 Å². The third kappa shape index (κ3) is 5.83. The molecule has 0 fully saturated rings. The minimum Gasteiger partial charge on any atom is -0.493 e. The van der Waals surface area contributed by atoms with Gasteiger partial charge in [0, 0.05) is 54.9 Å². The van der Waals surface area contributed by atoms with E-state index < -0.39 is 0 Å². The molecule has 1 amide bonds. The van der Waals surface area contributed by atoms with Gasteiger partial charge in [0.05, 0.1) is 24.7 Å². The maximum Gasteiger partial charge on any atom is 0.227 e. The predicted octanol–water partition coefficient (Wildman–Crippen LogP) is 5.03. The van der Waals surface area contributed by atoms with E-state index in [0.29, 0.717) is 23.8 Å². The molecule has 0 saturated heterocycles. The zero-order valence-corrected chi connectivity index (χ0v) is 22.3. The molecule has 0 spiro atoms. The summed E-state index contributed by atoms with van der Waals surface area (Å²) >= 11 is 0. The maximum atomic E-state index is 12.3. The first-order chi connectivity index (χ1) is 17.8. The van der Waals surface area contributed by atoms with Crippen LogP contribution in [0.1, 0.15) is 18.9 Å². The lowest BCUT2D eigenvalue weighted by Gasteiger charge is -2.25. The van der Waals surface area contributed by atoms with Gasteiger partial charge in [0.2, 0.25) is 11.9 Å². The van der Waals surface area contributed by atoms with E-state index in [4.69, 9.17) is 9.72 Å². The number of methoxy groups -OCH3 is 1. The maximum absolute atomic E-state index is 12.3. The van der Waals surface area contributed by atoms with Crippen molar-refractivity contribution in [3.63, 3.8) is 0 Å². The first-order valence-corrected chi connectivity index (χ1v) is 12.4. The number of likely N-dealkylation sites (N-methyl/N-ethyl adjacent to an activating group) is 2. The molecule has 0 aliphatic rings. The highest BCUT2D eigenvalue weighted by Gasteiger charge is 2.16. The number of para-hydroxylation sites is 1. The topological polar surface area (TPSA) is 98.4 Å². The van der Waals surface area contributed by atoms with Crippen LogP contribution in [0.2, 0.25) is 0 Å². The van der Waals surface area contributed by atoms with E-state index in [9.17, 15) is 4.79 Å². The Morgan fingerprint density at radius 1 is 1.14 bits per heavy atom. The number of carbonyl (C=O) groups is 1. The number of ether oxygens (including phenoxy) is 1. The zero-order valence-electron chi connectivity index (χ0n) is 22.3. The molecule has 2 heterocycles. The van der Waals surface area contributed by atoms with Crippen molar-refractivity contribution in [3.05, 3.63) is 54.4 Å². The van der Waals surface area contributed by atoms with Crippen molar-refractivity contribution in [2.24, 2.45) is 0 Å². The first kappa shape index (κ1) is 26.0. The highest BCUT2D eigenvalue weighted by molar-refractivity contribution is 5.98. The standard InChI is InChI=1S/C28H35N7O2/c1-7-25(36)32-22-15-19(11-12-23(22)35(5)14-13-34(3)4)31-28-30-17-24(37-6)27(33-28)21-16-29-26-18(2)9-8-10-20(21)26/h8-12,15-17,29H,7,13-14H2,1-6H3,(H,32,36)(H,30,31,33). The highest BCUT2D eigenvalue weighted by Crippen LogP contribution is 2.35. The molecule has 9 nitrogen and oxygen atoms in total. The lowest BCUT2D eigenvalue weighted by atomic mass is 10.1. The molecular weight excluding hydrogens is 466 g/mol. The van der Waals surface area contributed by atoms with Crippen LogP contribution in [-0.2, 0) is 4.79 Å². The van der Waals surface area contributed by atoms with E-state index in [-0.39, 0.29) is 5.91 Å². The molecule has 4 aromatic rings.